The molecule has 1 aromatic carbocycles. The van der Waals surface area contributed by atoms with Crippen molar-refractivity contribution in [3.63, 3.8) is 0 Å². The van der Waals surface area contributed by atoms with Crippen LogP contribution in [0.1, 0.15) is 5.56 Å². The molecule has 0 saturated heterocycles. The van der Waals surface area contributed by atoms with Gasteiger partial charge in [0.1, 0.15) is 0 Å². The molecule has 0 radical (unpaired) electrons. The molecule has 0 spiro atoms. The van der Waals surface area contributed by atoms with Gasteiger partial charge in [-0.3, -0.25) is 4.98 Å². The summed E-state index contributed by atoms with van der Waals surface area (Å²) in [6, 6.07) is 11.8. The summed E-state index contributed by atoms with van der Waals surface area (Å²) in [5.74, 6) is 0. The fraction of sp³-hybridized carbons (Fsp3) is 0.0833. The molecule has 2 aromatic rings. The Morgan fingerprint density at radius 1 is 1.14 bits per heavy atom. The molecule has 0 bridgehead atoms. The third-order valence-corrected chi connectivity index (χ3v) is 2.35. The molecule has 0 atom stereocenters. The van der Waals surface area contributed by atoms with Crippen molar-refractivity contribution in [1.82, 2.24) is 4.98 Å². The van der Waals surface area contributed by atoms with E-state index in [0.717, 1.165) is 11.3 Å². The second kappa shape index (κ2) is 3.81. The van der Waals surface area contributed by atoms with Crippen LogP contribution in [-0.2, 0) is 0 Å². The van der Waals surface area contributed by atoms with Gasteiger partial charge in [-0.2, -0.15) is 0 Å². The highest BCUT2D eigenvalue weighted by molar-refractivity contribution is 6.33. The fourth-order valence-corrected chi connectivity index (χ4v) is 1.62. The quantitative estimate of drug-likeness (QED) is 0.689. The average Bonchev–Trinajstić information content (AvgIpc) is 2.18. The number of halogens is 1. The molecule has 0 aliphatic carbocycles. The van der Waals surface area contributed by atoms with Crippen LogP contribution in [0.15, 0.2) is 42.6 Å². The Bertz CT molecular complexity index is 452. The van der Waals surface area contributed by atoms with Crippen LogP contribution in [0.2, 0.25) is 5.02 Å². The second-order valence-electron chi connectivity index (χ2n) is 3.20. The summed E-state index contributed by atoms with van der Waals surface area (Å²) in [5.41, 5.74) is 3.12. The summed E-state index contributed by atoms with van der Waals surface area (Å²) in [6.07, 6.45) is 1.75. The van der Waals surface area contributed by atoms with Gasteiger partial charge in [-0.15, -0.1) is 0 Å². The number of hydrogen-bond acceptors (Lipinski definition) is 1. The van der Waals surface area contributed by atoms with E-state index >= 15 is 0 Å². The standard InChI is InChI=1S/C12H10ClN/c1-9-4-2-5-10(8-9)12-11(13)6-3-7-14-12/h2-8H,1H3. The molecule has 0 aliphatic heterocycles. The molecule has 2 heteroatoms. The van der Waals surface area contributed by atoms with Gasteiger partial charge in [-0.05, 0) is 25.1 Å². The van der Waals surface area contributed by atoms with Crippen molar-refractivity contribution in [2.24, 2.45) is 0 Å². The van der Waals surface area contributed by atoms with Crippen molar-refractivity contribution < 1.29 is 0 Å². The van der Waals surface area contributed by atoms with Gasteiger partial charge in [-0.25, -0.2) is 0 Å². The van der Waals surface area contributed by atoms with E-state index in [1.54, 1.807) is 6.20 Å². The molecule has 70 valence electrons. The molecule has 14 heavy (non-hydrogen) atoms. The minimum absolute atomic E-state index is 0.693. The number of rotatable bonds is 1. The first-order chi connectivity index (χ1) is 6.77. The van der Waals surface area contributed by atoms with Crippen LogP contribution < -0.4 is 0 Å². The number of aromatic nitrogens is 1. The smallest absolute Gasteiger partial charge is 0.0888 e. The molecule has 0 fully saturated rings. The van der Waals surface area contributed by atoms with Gasteiger partial charge < -0.3 is 0 Å². The van der Waals surface area contributed by atoms with E-state index in [1.807, 2.05) is 24.3 Å². The highest BCUT2D eigenvalue weighted by atomic mass is 35.5. The minimum Gasteiger partial charge on any atom is -0.255 e. The number of aryl methyl sites for hydroxylation is 1. The maximum atomic E-state index is 6.05. The molecule has 0 N–H and O–H groups in total. The van der Waals surface area contributed by atoms with Gasteiger partial charge in [-0.1, -0.05) is 35.4 Å². The molecular formula is C12H10ClN. The third-order valence-electron chi connectivity index (χ3n) is 2.05. The molecule has 1 aromatic heterocycles. The van der Waals surface area contributed by atoms with Crippen LogP contribution >= 0.6 is 11.6 Å². The molecule has 0 aliphatic rings. The summed E-state index contributed by atoms with van der Waals surface area (Å²) in [5, 5.41) is 0.693. The molecule has 2 rings (SSSR count). The molecular weight excluding hydrogens is 194 g/mol. The van der Waals surface area contributed by atoms with Gasteiger partial charge >= 0.3 is 0 Å². The van der Waals surface area contributed by atoms with E-state index in [1.165, 1.54) is 5.56 Å². The SMILES string of the molecule is Cc1cccc(-c2ncccc2Cl)c1. The lowest BCUT2D eigenvalue weighted by Gasteiger charge is -2.03. The highest BCUT2D eigenvalue weighted by Gasteiger charge is 2.03. The number of hydrogen-bond donors (Lipinski definition) is 0. The zero-order valence-corrected chi connectivity index (χ0v) is 8.62. The lowest BCUT2D eigenvalue weighted by molar-refractivity contribution is 1.32. The molecule has 1 nitrogen and oxygen atoms in total. The maximum Gasteiger partial charge on any atom is 0.0888 e. The molecule has 0 saturated carbocycles. The Hall–Kier alpha value is -1.34. The predicted molar refractivity (Wildman–Crippen MR) is 59.4 cm³/mol. The van der Waals surface area contributed by atoms with Crippen molar-refractivity contribution in [1.29, 1.82) is 0 Å². The molecule has 0 amide bonds. The topological polar surface area (TPSA) is 12.9 Å². The third kappa shape index (κ3) is 1.78. The van der Waals surface area contributed by atoms with E-state index < -0.39 is 0 Å². The highest BCUT2D eigenvalue weighted by Crippen LogP contribution is 2.25. The number of nitrogens with zero attached hydrogens (tertiary/aromatic N) is 1. The van der Waals surface area contributed by atoms with E-state index in [0.29, 0.717) is 5.02 Å². The summed E-state index contributed by atoms with van der Waals surface area (Å²) in [6.45, 7) is 2.06. The number of benzene rings is 1. The summed E-state index contributed by atoms with van der Waals surface area (Å²) >= 11 is 6.05. The van der Waals surface area contributed by atoms with E-state index in [2.05, 4.69) is 24.0 Å². The Morgan fingerprint density at radius 3 is 2.71 bits per heavy atom. The van der Waals surface area contributed by atoms with Crippen molar-refractivity contribution in [3.05, 3.63) is 53.2 Å². The Morgan fingerprint density at radius 2 is 2.00 bits per heavy atom. The van der Waals surface area contributed by atoms with Gasteiger partial charge in [0, 0.05) is 11.8 Å². The Kier molecular flexibility index (Phi) is 2.51. The van der Waals surface area contributed by atoms with Crippen molar-refractivity contribution in [3.8, 4) is 11.3 Å². The van der Waals surface area contributed by atoms with Gasteiger partial charge in [0.25, 0.3) is 0 Å². The lowest BCUT2D eigenvalue weighted by atomic mass is 10.1. The van der Waals surface area contributed by atoms with Gasteiger partial charge in [0.15, 0.2) is 0 Å². The molecule has 0 unspecified atom stereocenters. The first-order valence-electron chi connectivity index (χ1n) is 4.45. The summed E-state index contributed by atoms with van der Waals surface area (Å²) in [4.78, 5) is 4.26. The van der Waals surface area contributed by atoms with Crippen molar-refractivity contribution in [2.75, 3.05) is 0 Å². The van der Waals surface area contributed by atoms with E-state index in [9.17, 15) is 0 Å². The van der Waals surface area contributed by atoms with Crippen LogP contribution in [0.25, 0.3) is 11.3 Å². The van der Waals surface area contributed by atoms with E-state index in [4.69, 9.17) is 11.6 Å². The lowest BCUT2D eigenvalue weighted by Crippen LogP contribution is -1.84. The monoisotopic (exact) mass is 203 g/mol. The first kappa shape index (κ1) is 9.22. The largest absolute Gasteiger partial charge is 0.255 e. The normalized spacial score (nSPS) is 10.1. The first-order valence-corrected chi connectivity index (χ1v) is 4.83. The summed E-state index contributed by atoms with van der Waals surface area (Å²) < 4.78 is 0. The van der Waals surface area contributed by atoms with Crippen LogP contribution in [0.3, 0.4) is 0 Å². The zero-order chi connectivity index (χ0) is 9.97. The Labute approximate surface area is 88.4 Å². The van der Waals surface area contributed by atoms with Gasteiger partial charge in [0.2, 0.25) is 0 Å². The van der Waals surface area contributed by atoms with Gasteiger partial charge in [0.05, 0.1) is 10.7 Å². The average molecular weight is 204 g/mol. The maximum absolute atomic E-state index is 6.05. The van der Waals surface area contributed by atoms with Crippen molar-refractivity contribution in [2.45, 2.75) is 6.92 Å². The Balaban J connectivity index is 2.55. The minimum atomic E-state index is 0.693. The molecule has 1 heterocycles. The van der Waals surface area contributed by atoms with Crippen molar-refractivity contribution >= 4 is 11.6 Å². The van der Waals surface area contributed by atoms with Crippen LogP contribution in [0.4, 0.5) is 0 Å². The van der Waals surface area contributed by atoms with Crippen LogP contribution in [-0.4, -0.2) is 4.98 Å². The van der Waals surface area contributed by atoms with E-state index in [-0.39, 0.29) is 0 Å². The zero-order valence-electron chi connectivity index (χ0n) is 7.87. The summed E-state index contributed by atoms with van der Waals surface area (Å²) in [7, 11) is 0. The number of pyridine rings is 1. The van der Waals surface area contributed by atoms with Crippen LogP contribution in [0.5, 0.6) is 0 Å². The fourth-order valence-electron chi connectivity index (χ4n) is 1.39. The second-order valence-corrected chi connectivity index (χ2v) is 3.61. The van der Waals surface area contributed by atoms with Crippen LogP contribution in [0, 0.1) is 6.92 Å². The predicted octanol–water partition coefficient (Wildman–Crippen LogP) is 3.71.